The van der Waals surface area contributed by atoms with Gasteiger partial charge in [-0.2, -0.15) is 5.26 Å². The lowest BCUT2D eigenvalue weighted by atomic mass is 10.2. The fourth-order valence-corrected chi connectivity index (χ4v) is 4.00. The second-order valence-electron chi connectivity index (χ2n) is 8.23. The van der Waals surface area contributed by atoms with Gasteiger partial charge in [0.25, 0.3) is 0 Å². The molecule has 1 saturated heterocycles. The van der Waals surface area contributed by atoms with Crippen LogP contribution in [0.4, 0.5) is 20.4 Å². The van der Waals surface area contributed by atoms with Gasteiger partial charge < -0.3 is 20.4 Å². The van der Waals surface area contributed by atoms with Gasteiger partial charge in [-0.15, -0.1) is 0 Å². The van der Waals surface area contributed by atoms with E-state index in [0.29, 0.717) is 11.5 Å². The smallest absolute Gasteiger partial charge is 0.242 e. The van der Waals surface area contributed by atoms with Gasteiger partial charge in [0, 0.05) is 56.1 Å². The lowest BCUT2D eigenvalue weighted by Crippen LogP contribution is -2.42. The van der Waals surface area contributed by atoms with E-state index < -0.39 is 11.6 Å². The molecule has 0 atom stereocenters. The van der Waals surface area contributed by atoms with Crippen molar-refractivity contribution in [3.05, 3.63) is 65.2 Å². The topological polar surface area (TPSA) is 115 Å². The molecule has 0 unspecified atom stereocenters. The van der Waals surface area contributed by atoms with Crippen molar-refractivity contribution in [3.63, 3.8) is 0 Å². The van der Waals surface area contributed by atoms with Crippen molar-refractivity contribution in [2.75, 3.05) is 31.5 Å². The highest BCUT2D eigenvalue weighted by Gasteiger charge is 2.20. The molecular formula is C24H22F2N8O. The van der Waals surface area contributed by atoms with E-state index in [1.807, 2.05) is 12.1 Å². The molecule has 0 radical (unpaired) electrons. The molecule has 35 heavy (non-hydrogen) atoms. The average molecular weight is 476 g/mol. The normalized spacial score (nSPS) is 14.1. The number of benzene rings is 1. The zero-order valence-corrected chi connectivity index (χ0v) is 18.9. The second kappa shape index (κ2) is 9.61. The van der Waals surface area contributed by atoms with Gasteiger partial charge in [0.2, 0.25) is 5.88 Å². The molecule has 4 aromatic rings. The first-order valence-electron chi connectivity index (χ1n) is 11.1. The maximum atomic E-state index is 15.0. The van der Waals surface area contributed by atoms with Crippen LogP contribution in [0.1, 0.15) is 16.8 Å². The van der Waals surface area contributed by atoms with E-state index in [2.05, 4.69) is 35.5 Å². The zero-order chi connectivity index (χ0) is 24.4. The lowest BCUT2D eigenvalue weighted by molar-refractivity contribution is 0.233. The summed E-state index contributed by atoms with van der Waals surface area (Å²) in [6.45, 7) is 6.40. The number of nitriles is 1. The Bertz CT molecular complexity index is 1410. The van der Waals surface area contributed by atoms with E-state index in [4.69, 9.17) is 4.74 Å². The summed E-state index contributed by atoms with van der Waals surface area (Å²) in [5, 5.41) is 16.1. The molecule has 178 valence electrons. The highest BCUT2D eigenvalue weighted by Crippen LogP contribution is 2.34. The third-order valence-electron chi connectivity index (χ3n) is 5.72. The molecule has 0 saturated carbocycles. The number of ether oxygens (including phenoxy) is 1. The van der Waals surface area contributed by atoms with E-state index >= 15 is 0 Å². The Hall–Kier alpha value is -4.14. The van der Waals surface area contributed by atoms with Crippen LogP contribution in [0.25, 0.3) is 10.9 Å². The van der Waals surface area contributed by atoms with Crippen molar-refractivity contribution in [1.29, 1.82) is 5.26 Å². The summed E-state index contributed by atoms with van der Waals surface area (Å²) < 4.78 is 35.0. The Kier molecular flexibility index (Phi) is 6.22. The molecule has 9 nitrogen and oxygen atoms in total. The van der Waals surface area contributed by atoms with Gasteiger partial charge in [-0.1, -0.05) is 6.07 Å². The van der Waals surface area contributed by atoms with E-state index in [1.54, 1.807) is 19.2 Å². The van der Waals surface area contributed by atoms with Gasteiger partial charge >= 0.3 is 0 Å². The second-order valence-corrected chi connectivity index (χ2v) is 8.23. The monoisotopic (exact) mass is 476 g/mol. The third kappa shape index (κ3) is 4.75. The summed E-state index contributed by atoms with van der Waals surface area (Å²) in [6, 6.07) is 8.11. The summed E-state index contributed by atoms with van der Waals surface area (Å²) >= 11 is 0. The molecule has 3 aromatic heterocycles. The molecule has 4 heterocycles. The molecule has 1 aliphatic heterocycles. The molecule has 0 spiro atoms. The molecule has 1 aromatic carbocycles. The fourth-order valence-electron chi connectivity index (χ4n) is 4.00. The first-order valence-corrected chi connectivity index (χ1v) is 11.1. The minimum absolute atomic E-state index is 0.0457. The molecule has 0 bridgehead atoms. The highest BCUT2D eigenvalue weighted by molar-refractivity contribution is 5.83. The molecular weight excluding hydrogens is 454 g/mol. The molecule has 11 heteroatoms. The van der Waals surface area contributed by atoms with E-state index in [-0.39, 0.29) is 33.9 Å². The van der Waals surface area contributed by atoms with Crippen LogP contribution in [-0.4, -0.2) is 51.0 Å². The Morgan fingerprint density at radius 1 is 1.17 bits per heavy atom. The quantitative estimate of drug-likeness (QED) is 0.386. The van der Waals surface area contributed by atoms with Crippen LogP contribution in [-0.2, 0) is 6.54 Å². The Balaban J connectivity index is 1.37. The van der Waals surface area contributed by atoms with Crippen LogP contribution in [0, 0.1) is 29.9 Å². The van der Waals surface area contributed by atoms with Crippen molar-refractivity contribution >= 4 is 22.5 Å². The predicted octanol–water partition coefficient (Wildman–Crippen LogP) is 3.75. The van der Waals surface area contributed by atoms with Gasteiger partial charge in [-0.3, -0.25) is 4.90 Å². The number of pyridine rings is 1. The van der Waals surface area contributed by atoms with Crippen LogP contribution in [0.3, 0.4) is 0 Å². The highest BCUT2D eigenvalue weighted by atomic mass is 19.1. The summed E-state index contributed by atoms with van der Waals surface area (Å²) in [6.07, 6.45) is 2.94. The van der Waals surface area contributed by atoms with Gasteiger partial charge in [0.1, 0.15) is 18.2 Å². The fraction of sp³-hybridized carbons (Fsp3) is 0.250. The molecule has 0 amide bonds. The molecule has 0 aliphatic carbocycles. The largest absolute Gasteiger partial charge is 0.434 e. The first kappa shape index (κ1) is 22.6. The minimum atomic E-state index is -0.760. The van der Waals surface area contributed by atoms with Gasteiger partial charge in [0.05, 0.1) is 5.52 Å². The number of piperazine rings is 1. The molecule has 5 rings (SSSR count). The zero-order valence-electron chi connectivity index (χ0n) is 18.9. The Labute approximate surface area is 199 Å². The number of hydrogen-bond donors (Lipinski definition) is 3. The number of H-pyrrole nitrogens is 1. The number of aromatic amines is 1. The lowest BCUT2D eigenvalue weighted by Gasteiger charge is -2.27. The average Bonchev–Trinajstić information content (AvgIpc) is 3.27. The summed E-state index contributed by atoms with van der Waals surface area (Å²) in [5.41, 5.74) is 1.65. The third-order valence-corrected chi connectivity index (χ3v) is 5.72. The van der Waals surface area contributed by atoms with E-state index in [1.165, 1.54) is 12.4 Å². The summed E-state index contributed by atoms with van der Waals surface area (Å²) in [4.78, 5) is 17.6. The van der Waals surface area contributed by atoms with Crippen molar-refractivity contribution < 1.29 is 13.5 Å². The first-order chi connectivity index (χ1) is 17.0. The standard InChI is InChI=1S/C24H22F2N8O/c1-14-8-16-21(26)19(9-18(25)22(16)32-14)35-24-17(10-27)23(30-13-31-24)33-20-3-2-15(11-29-20)12-34-6-4-28-5-7-34/h2-3,8-9,11,13,28,32H,4-7,12H2,1H3,(H,29,30,31,33). The number of nitrogens with one attached hydrogen (secondary N) is 3. The Morgan fingerprint density at radius 3 is 2.74 bits per heavy atom. The number of anilines is 2. The maximum Gasteiger partial charge on any atom is 0.242 e. The summed E-state index contributed by atoms with van der Waals surface area (Å²) in [7, 11) is 0. The number of nitrogens with zero attached hydrogens (tertiary/aromatic N) is 5. The number of fused-ring (bicyclic) bond motifs is 1. The number of aromatic nitrogens is 4. The van der Waals surface area contributed by atoms with Crippen LogP contribution < -0.4 is 15.4 Å². The van der Waals surface area contributed by atoms with Gasteiger partial charge in [-0.05, 0) is 24.6 Å². The summed E-state index contributed by atoms with van der Waals surface area (Å²) in [5.74, 6) is -1.42. The van der Waals surface area contributed by atoms with Crippen molar-refractivity contribution in [2.24, 2.45) is 0 Å². The van der Waals surface area contributed by atoms with Crippen LogP contribution in [0.5, 0.6) is 11.6 Å². The predicted molar refractivity (Wildman–Crippen MR) is 125 cm³/mol. The SMILES string of the molecule is Cc1cc2c(F)c(Oc3ncnc(Nc4ccc(CN5CCNCC5)cn4)c3C#N)cc(F)c2[nH]1. The molecule has 3 N–H and O–H groups in total. The van der Waals surface area contributed by atoms with Gasteiger partial charge in [0.15, 0.2) is 28.8 Å². The number of aryl methyl sites for hydroxylation is 1. The number of halogens is 2. The Morgan fingerprint density at radius 2 is 2.00 bits per heavy atom. The van der Waals surface area contributed by atoms with Gasteiger partial charge in [-0.25, -0.2) is 23.7 Å². The van der Waals surface area contributed by atoms with Crippen molar-refractivity contribution in [2.45, 2.75) is 13.5 Å². The van der Waals surface area contributed by atoms with E-state index in [9.17, 15) is 14.0 Å². The molecule has 1 fully saturated rings. The van der Waals surface area contributed by atoms with Crippen molar-refractivity contribution in [1.82, 2.24) is 30.2 Å². The maximum absolute atomic E-state index is 15.0. The van der Waals surface area contributed by atoms with Crippen LogP contribution >= 0.6 is 0 Å². The number of rotatable bonds is 6. The van der Waals surface area contributed by atoms with Crippen LogP contribution in [0.15, 0.2) is 36.8 Å². The number of hydrogen-bond acceptors (Lipinski definition) is 8. The van der Waals surface area contributed by atoms with Crippen molar-refractivity contribution in [3.8, 4) is 17.7 Å². The molecule has 1 aliphatic rings. The minimum Gasteiger partial charge on any atom is -0.434 e. The van der Waals surface area contributed by atoms with E-state index in [0.717, 1.165) is 44.4 Å². The van der Waals surface area contributed by atoms with Crippen LogP contribution in [0.2, 0.25) is 0 Å².